The van der Waals surface area contributed by atoms with E-state index in [0.29, 0.717) is 0 Å². The molecule has 0 aromatic carbocycles. The summed E-state index contributed by atoms with van der Waals surface area (Å²) >= 11 is 4.47. The lowest BCUT2D eigenvalue weighted by Gasteiger charge is -1.63. The summed E-state index contributed by atoms with van der Waals surface area (Å²) in [5.41, 5.74) is 0. The van der Waals surface area contributed by atoms with Crippen molar-refractivity contribution >= 4 is 12.6 Å². The second kappa shape index (κ2) is 3.96. The van der Waals surface area contributed by atoms with Crippen LogP contribution in [0.15, 0.2) is 11.5 Å². The van der Waals surface area contributed by atoms with Gasteiger partial charge in [-0.05, 0) is 11.8 Å². The molecule has 0 unspecified atom stereocenters. The average Bonchev–Trinajstić information content (AvgIpc) is 1.41. The lowest BCUT2D eigenvalue weighted by Crippen LogP contribution is -1.41. The van der Waals surface area contributed by atoms with Gasteiger partial charge in [0.2, 0.25) is 0 Å². The second-order valence-corrected chi connectivity index (χ2v) is 1.05. The molecule has 1 radical (unpaired) electrons. The molecule has 0 heterocycles. The van der Waals surface area contributed by atoms with Crippen molar-refractivity contribution in [2.45, 2.75) is 13.3 Å². The van der Waals surface area contributed by atoms with Crippen LogP contribution in [0.3, 0.4) is 0 Å². The lowest BCUT2D eigenvalue weighted by atomic mass is 10.5. The van der Waals surface area contributed by atoms with Gasteiger partial charge in [0, 0.05) is 0 Å². The first kappa shape index (κ1) is 4.96. The van der Waals surface area contributed by atoms with E-state index in [1.165, 1.54) is 0 Å². The third-order valence-corrected chi connectivity index (χ3v) is 0.524. The van der Waals surface area contributed by atoms with Gasteiger partial charge in [-0.2, -0.15) is 0 Å². The van der Waals surface area contributed by atoms with Crippen LogP contribution in [-0.2, 0) is 0 Å². The van der Waals surface area contributed by atoms with Crippen LogP contribution in [0.5, 0.6) is 0 Å². The molecule has 0 fully saturated rings. The maximum Gasteiger partial charge on any atom is -0.00266 e. The first-order chi connectivity index (χ1) is 2.41. The van der Waals surface area contributed by atoms with Crippen molar-refractivity contribution in [2.75, 3.05) is 0 Å². The Morgan fingerprint density at radius 2 is 2.40 bits per heavy atom. The molecule has 0 aliphatic rings. The minimum absolute atomic E-state index is 1.06. The highest BCUT2D eigenvalue weighted by Crippen LogP contribution is 1.79. The summed E-state index contributed by atoms with van der Waals surface area (Å²) in [6.07, 6.45) is 3.00. The highest BCUT2D eigenvalue weighted by molar-refractivity contribution is 7.83. The maximum absolute atomic E-state index is 4.47. The molecule has 0 aromatic rings. The quantitative estimate of drug-likeness (QED) is 0.459. The van der Waals surface area contributed by atoms with E-state index in [-0.39, 0.29) is 0 Å². The van der Waals surface area contributed by atoms with Gasteiger partial charge in [0.05, 0.1) is 0 Å². The molecule has 0 atom stereocenters. The zero-order chi connectivity index (χ0) is 4.12. The molecule has 0 rings (SSSR count). The van der Waals surface area contributed by atoms with Crippen LogP contribution in [-0.4, -0.2) is 0 Å². The molecular weight excluding hydrogens is 80.1 g/mol. The fraction of sp³-hybridized carbons (Fsp3) is 0.500. The van der Waals surface area contributed by atoms with Gasteiger partial charge >= 0.3 is 0 Å². The smallest absolute Gasteiger partial charge is 0.00266 e. The molecule has 29 valence electrons. The summed E-state index contributed by atoms with van der Waals surface area (Å²) in [6, 6.07) is 0. The summed E-state index contributed by atoms with van der Waals surface area (Å²) in [4.78, 5) is 0. The minimum atomic E-state index is 1.06. The Hall–Kier alpha value is -0.0400. The highest BCUT2D eigenvalue weighted by atomic mass is 32.1. The van der Waals surface area contributed by atoms with Crippen LogP contribution in [0.25, 0.3) is 0 Å². The summed E-state index contributed by atoms with van der Waals surface area (Å²) in [7, 11) is 0. The maximum atomic E-state index is 4.47. The van der Waals surface area contributed by atoms with Gasteiger partial charge in [-0.15, -0.1) is 0 Å². The van der Waals surface area contributed by atoms with E-state index in [1.54, 1.807) is 5.41 Å². The third-order valence-electron chi connectivity index (χ3n) is 0.332. The van der Waals surface area contributed by atoms with Crippen molar-refractivity contribution < 1.29 is 0 Å². The predicted octanol–water partition coefficient (Wildman–Crippen LogP) is 2.11. The molecule has 0 nitrogen and oxygen atoms in total. The third kappa shape index (κ3) is 3.96. The van der Waals surface area contributed by atoms with Crippen LogP contribution < -0.4 is 0 Å². The molecule has 0 bridgehead atoms. The fourth-order valence-electron chi connectivity index (χ4n) is 0.0962. The van der Waals surface area contributed by atoms with Gasteiger partial charge in [0.25, 0.3) is 0 Å². The molecule has 0 aromatic heterocycles. The fourth-order valence-corrected chi connectivity index (χ4v) is 0.289. The van der Waals surface area contributed by atoms with Gasteiger partial charge in [-0.25, -0.2) is 0 Å². The number of hydrogen-bond donors (Lipinski definition) is 0. The van der Waals surface area contributed by atoms with E-state index in [9.17, 15) is 0 Å². The largest absolute Gasteiger partial charge is 0.0891 e. The first-order valence-corrected chi connectivity index (χ1v) is 2.16. The first-order valence-electron chi connectivity index (χ1n) is 1.68. The molecule has 0 aliphatic carbocycles. The molecule has 0 amide bonds. The van der Waals surface area contributed by atoms with Crippen molar-refractivity contribution in [2.24, 2.45) is 0 Å². The average molecular weight is 87.2 g/mol. The standard InChI is InChI=1S/C4H7S/c1-2-3-4-5/h3-4H,2H2,1H3/b4-3+. The van der Waals surface area contributed by atoms with E-state index in [0.717, 1.165) is 6.42 Å². The number of hydrogen-bond acceptors (Lipinski definition) is 0. The second-order valence-electron chi connectivity index (χ2n) is 0.780. The molecule has 1 heteroatoms. The van der Waals surface area contributed by atoms with Crippen LogP contribution in [0.4, 0.5) is 0 Å². The molecule has 0 spiro atoms. The molecule has 5 heavy (non-hydrogen) atoms. The Labute approximate surface area is 38.3 Å². The SMILES string of the molecule is CC/C=C/[S]. The van der Waals surface area contributed by atoms with Gasteiger partial charge in [0.15, 0.2) is 0 Å². The van der Waals surface area contributed by atoms with Crippen LogP contribution in [0, 0.1) is 0 Å². The zero-order valence-electron chi connectivity index (χ0n) is 3.27. The highest BCUT2D eigenvalue weighted by Gasteiger charge is 1.53. The van der Waals surface area contributed by atoms with Crippen molar-refractivity contribution in [3.8, 4) is 0 Å². The van der Waals surface area contributed by atoms with Crippen molar-refractivity contribution in [1.29, 1.82) is 0 Å². The van der Waals surface area contributed by atoms with E-state index >= 15 is 0 Å². The van der Waals surface area contributed by atoms with E-state index in [4.69, 9.17) is 0 Å². The molecule has 0 saturated carbocycles. The Balaban J connectivity index is 2.62. The van der Waals surface area contributed by atoms with Crippen LogP contribution in [0.1, 0.15) is 13.3 Å². The Morgan fingerprint density at radius 3 is 2.40 bits per heavy atom. The van der Waals surface area contributed by atoms with E-state index in [1.807, 2.05) is 6.08 Å². The summed E-state index contributed by atoms with van der Waals surface area (Å²) in [5.74, 6) is 0. The Bertz CT molecular complexity index is 30.6. The van der Waals surface area contributed by atoms with Gasteiger partial charge < -0.3 is 0 Å². The zero-order valence-corrected chi connectivity index (χ0v) is 4.09. The van der Waals surface area contributed by atoms with E-state index < -0.39 is 0 Å². The minimum Gasteiger partial charge on any atom is -0.0891 e. The molecule has 0 aliphatic heterocycles. The van der Waals surface area contributed by atoms with E-state index in [2.05, 4.69) is 19.6 Å². The monoisotopic (exact) mass is 87.0 g/mol. The van der Waals surface area contributed by atoms with Gasteiger partial charge in [-0.3, -0.25) is 0 Å². The number of rotatable bonds is 1. The van der Waals surface area contributed by atoms with Crippen molar-refractivity contribution in [3.63, 3.8) is 0 Å². The topological polar surface area (TPSA) is 0 Å². The van der Waals surface area contributed by atoms with Crippen LogP contribution in [0.2, 0.25) is 0 Å². The molecular formula is C4H7S. The summed E-state index contributed by atoms with van der Waals surface area (Å²) in [6.45, 7) is 2.06. The van der Waals surface area contributed by atoms with Crippen molar-refractivity contribution in [3.05, 3.63) is 11.5 Å². The summed E-state index contributed by atoms with van der Waals surface area (Å²) < 4.78 is 0. The molecule has 0 N–H and O–H groups in total. The lowest BCUT2D eigenvalue weighted by molar-refractivity contribution is 1.23. The molecule has 0 saturated heterocycles. The Kier molecular flexibility index (Phi) is 3.93. The van der Waals surface area contributed by atoms with Crippen LogP contribution >= 0.6 is 12.6 Å². The van der Waals surface area contributed by atoms with Crippen molar-refractivity contribution in [1.82, 2.24) is 0 Å². The Morgan fingerprint density at radius 1 is 1.80 bits per heavy atom. The van der Waals surface area contributed by atoms with Gasteiger partial charge in [0.1, 0.15) is 0 Å². The number of allylic oxidation sites excluding steroid dienone is 1. The summed E-state index contributed by atoms with van der Waals surface area (Å²) in [5, 5.41) is 1.64. The normalized spacial score (nSPS) is 9.80. The predicted molar refractivity (Wildman–Crippen MR) is 27.0 cm³/mol. The van der Waals surface area contributed by atoms with Gasteiger partial charge in [-0.1, -0.05) is 25.6 Å².